The molecule has 2 aromatic carbocycles. The highest BCUT2D eigenvalue weighted by Crippen LogP contribution is 2.35. The largest absolute Gasteiger partial charge is 0.454 e. The minimum atomic E-state index is -0.504. The summed E-state index contributed by atoms with van der Waals surface area (Å²) in [5.74, 6) is 1.09. The van der Waals surface area contributed by atoms with E-state index >= 15 is 0 Å². The van der Waals surface area contributed by atoms with E-state index in [9.17, 15) is 14.9 Å². The molecule has 1 atom stereocenters. The predicted molar refractivity (Wildman–Crippen MR) is 110 cm³/mol. The van der Waals surface area contributed by atoms with Crippen LogP contribution in [-0.4, -0.2) is 67.2 Å². The molecule has 0 radical (unpaired) electrons. The monoisotopic (exact) mass is 412 g/mol. The van der Waals surface area contributed by atoms with Gasteiger partial charge in [-0.1, -0.05) is 12.1 Å². The number of carbonyl (C=O) groups is 1. The van der Waals surface area contributed by atoms with Gasteiger partial charge in [-0.05, 0) is 30.8 Å². The average molecular weight is 412 g/mol. The van der Waals surface area contributed by atoms with Gasteiger partial charge in [0, 0.05) is 50.4 Å². The maximum absolute atomic E-state index is 12.7. The lowest BCUT2D eigenvalue weighted by molar-refractivity contribution is -0.384. The summed E-state index contributed by atoms with van der Waals surface area (Å²) in [5.41, 5.74) is 1.20. The number of nitro benzene ring substituents is 1. The summed E-state index contributed by atoms with van der Waals surface area (Å²) in [6, 6.07) is 11.6. The number of nitro groups is 1. The Balaban J connectivity index is 1.52. The second kappa shape index (κ2) is 8.68. The van der Waals surface area contributed by atoms with Crippen LogP contribution in [0.25, 0.3) is 0 Å². The first-order valence-corrected chi connectivity index (χ1v) is 9.86. The Hall–Kier alpha value is -3.17. The number of nitrogens with one attached hydrogen (secondary N) is 1. The minimum Gasteiger partial charge on any atom is -0.454 e. The minimum absolute atomic E-state index is 0.0455. The highest BCUT2D eigenvalue weighted by Gasteiger charge is 2.26. The summed E-state index contributed by atoms with van der Waals surface area (Å²) in [7, 11) is 2.09. The zero-order valence-corrected chi connectivity index (χ0v) is 16.7. The SMILES string of the molecule is CN1CCN([C@@H](CNC(=O)c2cccc([N+](=O)[O-])c2)c2ccc3c(c2)OCO3)CC1. The number of piperazine rings is 1. The van der Waals surface area contributed by atoms with Crippen molar-refractivity contribution >= 4 is 11.6 Å². The van der Waals surface area contributed by atoms with Gasteiger partial charge < -0.3 is 19.7 Å². The van der Waals surface area contributed by atoms with Crippen LogP contribution < -0.4 is 14.8 Å². The molecule has 1 amide bonds. The molecule has 9 nitrogen and oxygen atoms in total. The number of hydrogen-bond acceptors (Lipinski definition) is 7. The van der Waals surface area contributed by atoms with Gasteiger partial charge in [0.15, 0.2) is 11.5 Å². The molecule has 1 fully saturated rings. The number of fused-ring (bicyclic) bond motifs is 1. The van der Waals surface area contributed by atoms with Gasteiger partial charge in [-0.25, -0.2) is 0 Å². The van der Waals surface area contributed by atoms with Crippen LogP contribution in [0.2, 0.25) is 0 Å². The van der Waals surface area contributed by atoms with Gasteiger partial charge in [0.1, 0.15) is 0 Å². The van der Waals surface area contributed by atoms with Crippen molar-refractivity contribution in [1.82, 2.24) is 15.1 Å². The molecular weight excluding hydrogens is 388 g/mol. The molecule has 9 heteroatoms. The normalized spacial score (nSPS) is 17.5. The van der Waals surface area contributed by atoms with Crippen LogP contribution in [0.15, 0.2) is 42.5 Å². The van der Waals surface area contributed by atoms with E-state index in [1.807, 2.05) is 18.2 Å². The second-order valence-corrected chi connectivity index (χ2v) is 7.49. The number of ether oxygens (including phenoxy) is 2. The number of amides is 1. The fraction of sp³-hybridized carbons (Fsp3) is 0.381. The van der Waals surface area contributed by atoms with Crippen LogP contribution in [0.4, 0.5) is 5.69 Å². The van der Waals surface area contributed by atoms with Gasteiger partial charge in [0.25, 0.3) is 11.6 Å². The zero-order valence-electron chi connectivity index (χ0n) is 16.7. The molecule has 0 saturated carbocycles. The average Bonchev–Trinajstić information content (AvgIpc) is 3.23. The van der Waals surface area contributed by atoms with Crippen LogP contribution in [0.5, 0.6) is 11.5 Å². The summed E-state index contributed by atoms with van der Waals surface area (Å²) in [6.45, 7) is 4.23. The lowest BCUT2D eigenvalue weighted by Crippen LogP contribution is -2.48. The van der Waals surface area contributed by atoms with Crippen molar-refractivity contribution in [2.45, 2.75) is 6.04 Å². The van der Waals surface area contributed by atoms with Gasteiger partial charge in [0.2, 0.25) is 6.79 Å². The standard InChI is InChI=1S/C21H24N4O5/c1-23-7-9-24(10-8-23)18(15-5-6-19-20(12-15)30-14-29-19)13-22-21(26)16-3-2-4-17(11-16)25(27)28/h2-6,11-12,18H,7-10,13-14H2,1H3,(H,22,26)/t18-/m0/s1. The number of benzene rings is 2. The lowest BCUT2D eigenvalue weighted by atomic mass is 10.0. The van der Waals surface area contributed by atoms with Crippen molar-refractivity contribution in [1.29, 1.82) is 0 Å². The molecule has 2 heterocycles. The molecule has 1 saturated heterocycles. The molecule has 0 aliphatic carbocycles. The summed E-state index contributed by atoms with van der Waals surface area (Å²) in [5, 5.41) is 13.9. The highest BCUT2D eigenvalue weighted by molar-refractivity contribution is 5.94. The Bertz CT molecular complexity index is 943. The number of nitrogens with zero attached hydrogens (tertiary/aromatic N) is 3. The van der Waals surface area contributed by atoms with Crippen LogP contribution in [0.3, 0.4) is 0 Å². The van der Waals surface area contributed by atoms with E-state index in [-0.39, 0.29) is 30.0 Å². The van der Waals surface area contributed by atoms with Gasteiger partial charge >= 0.3 is 0 Å². The maximum atomic E-state index is 12.7. The molecule has 2 aromatic rings. The van der Waals surface area contributed by atoms with E-state index in [0.717, 1.165) is 37.5 Å². The molecule has 0 unspecified atom stereocenters. The van der Waals surface area contributed by atoms with E-state index < -0.39 is 4.92 Å². The molecule has 4 rings (SSSR count). The fourth-order valence-corrected chi connectivity index (χ4v) is 3.76. The Labute approximate surface area is 174 Å². The molecular formula is C21H24N4O5. The van der Waals surface area contributed by atoms with E-state index in [1.54, 1.807) is 6.07 Å². The zero-order chi connectivity index (χ0) is 21.1. The molecule has 0 spiro atoms. The second-order valence-electron chi connectivity index (χ2n) is 7.49. The molecule has 1 N–H and O–H groups in total. The predicted octanol–water partition coefficient (Wildman–Crippen LogP) is 2.04. The Kier molecular flexibility index (Phi) is 5.82. The van der Waals surface area contributed by atoms with E-state index in [4.69, 9.17) is 9.47 Å². The van der Waals surface area contributed by atoms with Gasteiger partial charge in [-0.15, -0.1) is 0 Å². The van der Waals surface area contributed by atoms with Crippen LogP contribution in [0.1, 0.15) is 22.0 Å². The Morgan fingerprint density at radius 2 is 1.90 bits per heavy atom. The Morgan fingerprint density at radius 3 is 2.67 bits per heavy atom. The van der Waals surface area contributed by atoms with Gasteiger partial charge in [-0.3, -0.25) is 19.8 Å². The molecule has 0 bridgehead atoms. The van der Waals surface area contributed by atoms with Crippen LogP contribution >= 0.6 is 0 Å². The van der Waals surface area contributed by atoms with Crippen molar-refractivity contribution in [3.63, 3.8) is 0 Å². The van der Waals surface area contributed by atoms with Crippen LogP contribution in [0, 0.1) is 10.1 Å². The van der Waals surface area contributed by atoms with Crippen LogP contribution in [-0.2, 0) is 0 Å². The molecule has 30 heavy (non-hydrogen) atoms. The first kappa shape index (κ1) is 20.1. The van der Waals surface area contributed by atoms with Crippen molar-refractivity contribution < 1.29 is 19.2 Å². The van der Waals surface area contributed by atoms with Crippen molar-refractivity contribution in [3.8, 4) is 11.5 Å². The number of non-ortho nitro benzene ring substituents is 1. The smallest absolute Gasteiger partial charge is 0.270 e. The number of hydrogen-bond donors (Lipinski definition) is 1. The van der Waals surface area contributed by atoms with Gasteiger partial charge in [-0.2, -0.15) is 0 Å². The first-order valence-electron chi connectivity index (χ1n) is 9.86. The first-order chi connectivity index (χ1) is 14.5. The third-order valence-corrected chi connectivity index (χ3v) is 5.54. The van der Waals surface area contributed by atoms with Crippen molar-refractivity contribution in [2.24, 2.45) is 0 Å². The molecule has 158 valence electrons. The lowest BCUT2D eigenvalue weighted by Gasteiger charge is -2.38. The van der Waals surface area contributed by atoms with Crippen molar-refractivity contribution in [2.75, 3.05) is 46.6 Å². The van der Waals surface area contributed by atoms with Gasteiger partial charge in [0.05, 0.1) is 11.0 Å². The van der Waals surface area contributed by atoms with E-state index in [0.29, 0.717) is 12.3 Å². The van der Waals surface area contributed by atoms with Crippen molar-refractivity contribution in [3.05, 3.63) is 63.7 Å². The Morgan fingerprint density at radius 1 is 1.13 bits per heavy atom. The molecule has 2 aliphatic rings. The van der Waals surface area contributed by atoms with E-state index in [1.165, 1.54) is 18.2 Å². The number of likely N-dealkylation sites (N-methyl/N-ethyl adjacent to an activating group) is 1. The summed E-state index contributed by atoms with van der Waals surface area (Å²) < 4.78 is 10.9. The summed E-state index contributed by atoms with van der Waals surface area (Å²) >= 11 is 0. The molecule has 0 aromatic heterocycles. The topological polar surface area (TPSA) is 97.2 Å². The summed E-state index contributed by atoms with van der Waals surface area (Å²) in [6.07, 6.45) is 0. The fourth-order valence-electron chi connectivity index (χ4n) is 3.76. The number of carbonyl (C=O) groups excluding carboxylic acids is 1. The highest BCUT2D eigenvalue weighted by atomic mass is 16.7. The maximum Gasteiger partial charge on any atom is 0.270 e. The number of rotatable bonds is 6. The third kappa shape index (κ3) is 4.37. The third-order valence-electron chi connectivity index (χ3n) is 5.54. The van der Waals surface area contributed by atoms with E-state index in [2.05, 4.69) is 22.2 Å². The molecule has 2 aliphatic heterocycles. The summed E-state index contributed by atoms with van der Waals surface area (Å²) in [4.78, 5) is 27.8. The quantitative estimate of drug-likeness (QED) is 0.573.